The van der Waals surface area contributed by atoms with Gasteiger partial charge in [0.25, 0.3) is 0 Å². The number of ketones is 1. The van der Waals surface area contributed by atoms with Crippen molar-refractivity contribution in [3.63, 3.8) is 0 Å². The van der Waals surface area contributed by atoms with Crippen LogP contribution in [-0.4, -0.2) is 40.8 Å². The first-order chi connectivity index (χ1) is 11.1. The van der Waals surface area contributed by atoms with Crippen molar-refractivity contribution in [2.24, 2.45) is 17.8 Å². The van der Waals surface area contributed by atoms with Crippen LogP contribution in [0, 0.1) is 17.8 Å². The van der Waals surface area contributed by atoms with E-state index in [1.165, 1.54) is 0 Å². The van der Waals surface area contributed by atoms with Crippen LogP contribution in [0.2, 0.25) is 0 Å². The van der Waals surface area contributed by atoms with E-state index in [1.54, 1.807) is 4.90 Å². The molecule has 0 spiro atoms. The summed E-state index contributed by atoms with van der Waals surface area (Å²) in [6.45, 7) is 1.09. The van der Waals surface area contributed by atoms with E-state index >= 15 is 0 Å². The number of carbonyl (C=O) groups is 3. The highest BCUT2D eigenvalue weighted by molar-refractivity contribution is 5.98. The van der Waals surface area contributed by atoms with Crippen LogP contribution in [0.1, 0.15) is 36.0 Å². The zero-order chi connectivity index (χ0) is 16.4. The van der Waals surface area contributed by atoms with Gasteiger partial charge in [0.15, 0.2) is 5.78 Å². The Morgan fingerprint density at radius 2 is 1.52 bits per heavy atom. The van der Waals surface area contributed by atoms with Gasteiger partial charge in [-0.2, -0.15) is 0 Å². The summed E-state index contributed by atoms with van der Waals surface area (Å²) in [4.78, 5) is 37.7. The molecule has 3 rings (SSSR count). The van der Waals surface area contributed by atoms with Crippen LogP contribution < -0.4 is 0 Å². The zero-order valence-corrected chi connectivity index (χ0v) is 13.0. The van der Waals surface area contributed by atoms with E-state index in [9.17, 15) is 14.4 Å². The molecule has 1 aliphatic heterocycles. The number of hydrogen-bond donors (Lipinski definition) is 1. The molecular weight excluding hydrogens is 294 g/mol. The molecule has 2 aliphatic rings. The van der Waals surface area contributed by atoms with Gasteiger partial charge in [-0.05, 0) is 25.7 Å². The molecule has 1 amide bonds. The zero-order valence-electron chi connectivity index (χ0n) is 13.0. The monoisotopic (exact) mass is 315 g/mol. The summed E-state index contributed by atoms with van der Waals surface area (Å²) in [5, 5.41) is 9.08. The van der Waals surface area contributed by atoms with Crippen molar-refractivity contribution < 1.29 is 19.5 Å². The molecule has 2 atom stereocenters. The standard InChI is InChI=1S/C18H21NO4/c20-16(12-4-2-1-3-5-12)13-8-10-19(11-9-13)17(21)14-6-7-15(14)18(22)23/h1-5,13-15H,6-11H2,(H,22,23). The smallest absolute Gasteiger partial charge is 0.307 e. The maximum atomic E-state index is 12.4. The third kappa shape index (κ3) is 3.14. The second-order valence-corrected chi connectivity index (χ2v) is 6.46. The second-order valence-electron chi connectivity index (χ2n) is 6.46. The fraction of sp³-hybridized carbons (Fsp3) is 0.500. The van der Waals surface area contributed by atoms with Crippen LogP contribution >= 0.6 is 0 Å². The maximum Gasteiger partial charge on any atom is 0.307 e. The number of benzene rings is 1. The molecule has 1 saturated carbocycles. The number of carbonyl (C=O) groups excluding carboxylic acids is 2. The number of carboxylic acids is 1. The third-order valence-corrected chi connectivity index (χ3v) is 5.14. The Labute approximate surface area is 135 Å². The van der Waals surface area contributed by atoms with Crippen LogP contribution in [-0.2, 0) is 9.59 Å². The number of hydrogen-bond acceptors (Lipinski definition) is 3. The average Bonchev–Trinajstić information content (AvgIpc) is 2.53. The largest absolute Gasteiger partial charge is 0.481 e. The Morgan fingerprint density at radius 3 is 2.04 bits per heavy atom. The molecule has 1 aromatic carbocycles. The molecule has 1 N–H and O–H groups in total. The summed E-state index contributed by atoms with van der Waals surface area (Å²) in [5.41, 5.74) is 0.724. The summed E-state index contributed by atoms with van der Waals surface area (Å²) in [6.07, 6.45) is 2.57. The Balaban J connectivity index is 1.55. The lowest BCUT2D eigenvalue weighted by molar-refractivity contribution is -0.157. The van der Waals surface area contributed by atoms with E-state index in [0.29, 0.717) is 38.8 Å². The minimum absolute atomic E-state index is 0.0434. The van der Waals surface area contributed by atoms with Crippen molar-refractivity contribution >= 4 is 17.7 Å². The van der Waals surface area contributed by atoms with E-state index in [1.807, 2.05) is 30.3 Å². The van der Waals surface area contributed by atoms with Crippen molar-refractivity contribution in [2.75, 3.05) is 13.1 Å². The molecule has 1 aromatic rings. The van der Waals surface area contributed by atoms with Crippen LogP contribution in [0.15, 0.2) is 30.3 Å². The van der Waals surface area contributed by atoms with E-state index in [4.69, 9.17) is 5.11 Å². The minimum atomic E-state index is -0.872. The van der Waals surface area contributed by atoms with E-state index in [2.05, 4.69) is 0 Å². The van der Waals surface area contributed by atoms with Crippen molar-refractivity contribution in [2.45, 2.75) is 25.7 Å². The van der Waals surface area contributed by atoms with Gasteiger partial charge in [-0.25, -0.2) is 0 Å². The number of carboxylic acid groups (broad SMARTS) is 1. The number of piperidine rings is 1. The summed E-state index contributed by atoms with van der Waals surface area (Å²) in [6, 6.07) is 9.25. The van der Waals surface area contributed by atoms with E-state index < -0.39 is 11.9 Å². The number of Topliss-reactive ketones (excluding diaryl/α,β-unsaturated/α-hetero) is 1. The molecule has 5 heteroatoms. The Bertz CT molecular complexity index is 605. The third-order valence-electron chi connectivity index (χ3n) is 5.14. The lowest BCUT2D eigenvalue weighted by atomic mass is 9.72. The van der Waals surface area contributed by atoms with Crippen molar-refractivity contribution in [1.29, 1.82) is 0 Å². The van der Waals surface area contributed by atoms with Crippen LogP contribution in [0.3, 0.4) is 0 Å². The topological polar surface area (TPSA) is 74.7 Å². The number of rotatable bonds is 4. The lowest BCUT2D eigenvalue weighted by Crippen LogP contribution is -2.49. The first kappa shape index (κ1) is 15.7. The van der Waals surface area contributed by atoms with Gasteiger partial charge < -0.3 is 10.0 Å². The van der Waals surface area contributed by atoms with Crippen LogP contribution in [0.4, 0.5) is 0 Å². The first-order valence-corrected chi connectivity index (χ1v) is 8.19. The number of amides is 1. The van der Waals surface area contributed by atoms with Gasteiger partial charge in [0, 0.05) is 24.6 Å². The average molecular weight is 315 g/mol. The van der Waals surface area contributed by atoms with Gasteiger partial charge in [0.2, 0.25) is 5.91 Å². The van der Waals surface area contributed by atoms with Gasteiger partial charge in [-0.15, -0.1) is 0 Å². The molecule has 0 bridgehead atoms. The minimum Gasteiger partial charge on any atom is -0.481 e. The molecule has 0 radical (unpaired) electrons. The molecule has 0 aromatic heterocycles. The maximum absolute atomic E-state index is 12.4. The van der Waals surface area contributed by atoms with Crippen molar-refractivity contribution in [1.82, 2.24) is 4.90 Å². The van der Waals surface area contributed by atoms with E-state index in [0.717, 1.165) is 5.56 Å². The highest BCUT2D eigenvalue weighted by Gasteiger charge is 2.43. The molecule has 2 fully saturated rings. The van der Waals surface area contributed by atoms with E-state index in [-0.39, 0.29) is 23.5 Å². The summed E-state index contributed by atoms with van der Waals surface area (Å²) < 4.78 is 0. The molecule has 1 saturated heterocycles. The molecule has 23 heavy (non-hydrogen) atoms. The molecule has 122 valence electrons. The summed E-state index contributed by atoms with van der Waals surface area (Å²) in [5.74, 6) is -1.71. The second kappa shape index (κ2) is 6.52. The van der Waals surface area contributed by atoms with Gasteiger partial charge in [0.05, 0.1) is 11.8 Å². The van der Waals surface area contributed by atoms with Crippen molar-refractivity contribution in [3.05, 3.63) is 35.9 Å². The highest BCUT2D eigenvalue weighted by Crippen LogP contribution is 2.36. The highest BCUT2D eigenvalue weighted by atomic mass is 16.4. The van der Waals surface area contributed by atoms with Crippen LogP contribution in [0.25, 0.3) is 0 Å². The predicted octanol–water partition coefficient (Wildman–Crippen LogP) is 2.22. The molecule has 5 nitrogen and oxygen atoms in total. The number of likely N-dealkylation sites (tertiary alicyclic amines) is 1. The van der Waals surface area contributed by atoms with Gasteiger partial charge >= 0.3 is 5.97 Å². The SMILES string of the molecule is O=C(c1ccccc1)C1CCN(C(=O)C2CCC2C(=O)O)CC1. The fourth-order valence-electron chi connectivity index (χ4n) is 3.53. The first-order valence-electron chi connectivity index (χ1n) is 8.19. The molecule has 2 unspecified atom stereocenters. The fourth-order valence-corrected chi connectivity index (χ4v) is 3.53. The predicted molar refractivity (Wildman–Crippen MR) is 83.9 cm³/mol. The van der Waals surface area contributed by atoms with Crippen molar-refractivity contribution in [3.8, 4) is 0 Å². The lowest BCUT2D eigenvalue weighted by Gasteiger charge is -2.39. The van der Waals surface area contributed by atoms with Gasteiger partial charge in [0.1, 0.15) is 0 Å². The number of nitrogens with zero attached hydrogens (tertiary/aromatic N) is 1. The quantitative estimate of drug-likeness (QED) is 0.865. The normalized spacial score (nSPS) is 24.8. The van der Waals surface area contributed by atoms with Gasteiger partial charge in [-0.1, -0.05) is 30.3 Å². The Hall–Kier alpha value is -2.17. The summed E-state index contributed by atoms with van der Waals surface area (Å²) in [7, 11) is 0. The Kier molecular flexibility index (Phi) is 4.46. The Morgan fingerprint density at radius 1 is 0.913 bits per heavy atom. The molecule has 1 heterocycles. The molecular formula is C18H21NO4. The number of aliphatic carboxylic acids is 1. The van der Waals surface area contributed by atoms with Gasteiger partial charge in [-0.3, -0.25) is 14.4 Å². The molecule has 1 aliphatic carbocycles. The summed E-state index contributed by atoms with van der Waals surface area (Å²) >= 11 is 0. The van der Waals surface area contributed by atoms with Crippen LogP contribution in [0.5, 0.6) is 0 Å².